The normalized spacial score (nSPS) is 15.8. The number of fused-ring (bicyclic) bond motifs is 2. The number of aromatic nitrogens is 1. The van der Waals surface area contributed by atoms with Crippen LogP contribution in [0.25, 0.3) is 11.9 Å². The van der Waals surface area contributed by atoms with Crippen molar-refractivity contribution in [3.05, 3.63) is 70.3 Å². The topological polar surface area (TPSA) is 86.2 Å². The highest BCUT2D eigenvalue weighted by molar-refractivity contribution is 5.67. The molecule has 0 radical (unpaired) electrons. The Morgan fingerprint density at radius 3 is 2.65 bits per heavy atom. The average molecular weight is 310 g/mol. The summed E-state index contributed by atoms with van der Waals surface area (Å²) < 4.78 is 0. The van der Waals surface area contributed by atoms with Gasteiger partial charge in [0.25, 0.3) is 5.88 Å². The Morgan fingerprint density at radius 2 is 1.91 bits per heavy atom. The molecule has 0 spiro atoms. The third-order valence-corrected chi connectivity index (χ3v) is 4.06. The summed E-state index contributed by atoms with van der Waals surface area (Å²) in [4.78, 5) is 6.28. The second-order valence-corrected chi connectivity index (χ2v) is 5.57. The fourth-order valence-corrected chi connectivity index (χ4v) is 2.96. The van der Waals surface area contributed by atoms with E-state index in [0.717, 1.165) is 33.2 Å². The van der Waals surface area contributed by atoms with E-state index >= 15 is 0 Å². The molecule has 0 unspecified atom stereocenters. The van der Waals surface area contributed by atoms with Crippen molar-refractivity contribution < 1.29 is 16.0 Å². The third-order valence-electron chi connectivity index (χ3n) is 4.06. The monoisotopic (exact) mass is 310 g/mol. The summed E-state index contributed by atoms with van der Waals surface area (Å²) in [5, 5.41) is 14.7. The number of aryl methyl sites for hydroxylation is 1. The van der Waals surface area contributed by atoms with Crippen LogP contribution in [-0.2, 0) is 0 Å². The van der Waals surface area contributed by atoms with Crippen molar-refractivity contribution in [2.24, 2.45) is 0 Å². The Morgan fingerprint density at radius 1 is 1.13 bits per heavy atom. The van der Waals surface area contributed by atoms with Crippen LogP contribution >= 0.6 is 0 Å². The lowest BCUT2D eigenvalue weighted by Gasteiger charge is -2.16. The SMILES string of the molecule is Cc1ccc(N2[NH2+]C3=c4ccccc4=CN(C)C3=C2O)cn1.[OH-]. The van der Waals surface area contributed by atoms with Gasteiger partial charge in [-0.05, 0) is 25.1 Å². The number of hydrogen-bond donors (Lipinski definition) is 2. The maximum atomic E-state index is 10.7. The lowest BCUT2D eigenvalue weighted by atomic mass is 10.1. The first-order chi connectivity index (χ1) is 10.6. The predicted molar refractivity (Wildman–Crippen MR) is 86.3 cm³/mol. The highest BCUT2D eigenvalue weighted by Crippen LogP contribution is 2.24. The fraction of sp³-hybridized carbons (Fsp3) is 0.118. The van der Waals surface area contributed by atoms with Gasteiger partial charge in [-0.2, -0.15) is 5.01 Å². The molecule has 6 nitrogen and oxygen atoms in total. The number of benzene rings is 1. The fourth-order valence-electron chi connectivity index (χ4n) is 2.96. The van der Waals surface area contributed by atoms with Gasteiger partial charge in [-0.1, -0.05) is 18.2 Å². The molecule has 2 aromatic rings. The van der Waals surface area contributed by atoms with Crippen LogP contribution in [0.4, 0.5) is 5.69 Å². The molecule has 2 aliphatic rings. The average Bonchev–Trinajstić information content (AvgIpc) is 2.87. The van der Waals surface area contributed by atoms with Gasteiger partial charge in [0.15, 0.2) is 11.4 Å². The largest absolute Gasteiger partial charge is 0.870 e. The molecular formula is C17H18N4O2. The molecule has 0 saturated heterocycles. The molecule has 118 valence electrons. The quantitative estimate of drug-likeness (QED) is 0.708. The summed E-state index contributed by atoms with van der Waals surface area (Å²) in [5.41, 5.74) is 5.62. The Kier molecular flexibility index (Phi) is 3.55. The molecule has 0 aliphatic carbocycles. The molecule has 6 heteroatoms. The summed E-state index contributed by atoms with van der Waals surface area (Å²) in [6.45, 7) is 1.95. The maximum Gasteiger partial charge on any atom is 0.270 e. The minimum Gasteiger partial charge on any atom is -0.870 e. The van der Waals surface area contributed by atoms with Gasteiger partial charge in [0.2, 0.25) is 0 Å². The van der Waals surface area contributed by atoms with Crippen LogP contribution < -0.4 is 20.9 Å². The minimum absolute atomic E-state index is 0. The number of quaternary nitrogens is 1. The van der Waals surface area contributed by atoms with Gasteiger partial charge < -0.3 is 15.5 Å². The smallest absolute Gasteiger partial charge is 0.270 e. The summed E-state index contributed by atoms with van der Waals surface area (Å²) in [5.74, 6) is 0.230. The van der Waals surface area contributed by atoms with E-state index in [0.29, 0.717) is 0 Å². The molecule has 0 saturated carbocycles. The summed E-state index contributed by atoms with van der Waals surface area (Å²) in [7, 11) is 1.95. The van der Waals surface area contributed by atoms with E-state index in [1.807, 2.05) is 54.8 Å². The van der Waals surface area contributed by atoms with E-state index in [1.54, 1.807) is 11.2 Å². The lowest BCUT2D eigenvalue weighted by molar-refractivity contribution is -0.568. The third kappa shape index (κ3) is 2.25. The van der Waals surface area contributed by atoms with Gasteiger partial charge in [0, 0.05) is 29.4 Å². The van der Waals surface area contributed by atoms with Crippen LogP contribution in [0.15, 0.2) is 54.2 Å². The number of nitrogens with two attached hydrogens (primary N) is 1. The van der Waals surface area contributed by atoms with Gasteiger partial charge in [0.05, 0.1) is 6.20 Å². The van der Waals surface area contributed by atoms with Crippen molar-refractivity contribution in [3.8, 4) is 0 Å². The lowest BCUT2D eigenvalue weighted by Crippen LogP contribution is -2.90. The number of likely N-dealkylation sites (N-methyl/N-ethyl adjacent to an activating group) is 1. The zero-order chi connectivity index (χ0) is 15.3. The maximum absolute atomic E-state index is 10.7. The number of pyridine rings is 1. The van der Waals surface area contributed by atoms with Gasteiger partial charge in [-0.25, -0.2) is 5.43 Å². The van der Waals surface area contributed by atoms with Crippen molar-refractivity contribution in [2.45, 2.75) is 6.92 Å². The number of nitrogens with zero attached hydrogens (tertiary/aromatic N) is 3. The minimum atomic E-state index is 0. The van der Waals surface area contributed by atoms with Crippen LogP contribution in [0.5, 0.6) is 0 Å². The molecule has 0 bridgehead atoms. The van der Waals surface area contributed by atoms with Gasteiger partial charge in [0.1, 0.15) is 5.69 Å². The van der Waals surface area contributed by atoms with Crippen LogP contribution in [0, 0.1) is 6.92 Å². The van der Waals surface area contributed by atoms with Gasteiger partial charge >= 0.3 is 0 Å². The van der Waals surface area contributed by atoms with Crippen LogP contribution in [0.2, 0.25) is 0 Å². The number of hydrogen-bond acceptors (Lipinski definition) is 5. The molecule has 4 N–H and O–H groups in total. The zero-order valence-corrected chi connectivity index (χ0v) is 12.9. The highest BCUT2D eigenvalue weighted by Gasteiger charge is 2.36. The molecule has 2 aliphatic heterocycles. The van der Waals surface area contributed by atoms with Crippen LogP contribution in [-0.4, -0.2) is 27.5 Å². The zero-order valence-electron chi connectivity index (χ0n) is 12.9. The van der Waals surface area contributed by atoms with E-state index in [-0.39, 0.29) is 11.4 Å². The number of aliphatic hydroxyl groups is 1. The van der Waals surface area contributed by atoms with Crippen molar-refractivity contribution in [1.82, 2.24) is 9.88 Å². The predicted octanol–water partition coefficient (Wildman–Crippen LogP) is -0.269. The van der Waals surface area contributed by atoms with E-state index < -0.39 is 0 Å². The molecule has 0 amide bonds. The second-order valence-electron chi connectivity index (χ2n) is 5.57. The van der Waals surface area contributed by atoms with E-state index in [1.165, 1.54) is 0 Å². The van der Waals surface area contributed by atoms with Gasteiger partial charge in [-0.15, -0.1) is 0 Å². The molecule has 1 aromatic heterocycles. The summed E-state index contributed by atoms with van der Waals surface area (Å²) in [6.07, 6.45) is 3.81. The molecule has 0 fully saturated rings. The number of rotatable bonds is 1. The Balaban J connectivity index is 0.00000156. The van der Waals surface area contributed by atoms with E-state index in [2.05, 4.69) is 17.1 Å². The van der Waals surface area contributed by atoms with E-state index in [4.69, 9.17) is 0 Å². The van der Waals surface area contributed by atoms with Crippen molar-refractivity contribution in [3.63, 3.8) is 0 Å². The van der Waals surface area contributed by atoms with Crippen LogP contribution in [0.3, 0.4) is 0 Å². The molecule has 0 atom stereocenters. The molecule has 1 aromatic carbocycles. The summed E-state index contributed by atoms with van der Waals surface area (Å²) in [6, 6.07) is 12.1. The molecule has 23 heavy (non-hydrogen) atoms. The molecular weight excluding hydrogens is 292 g/mol. The number of anilines is 1. The van der Waals surface area contributed by atoms with Crippen molar-refractivity contribution in [1.29, 1.82) is 0 Å². The summed E-state index contributed by atoms with van der Waals surface area (Å²) >= 11 is 0. The van der Waals surface area contributed by atoms with Crippen LogP contribution in [0.1, 0.15) is 5.69 Å². The molecule has 4 rings (SSSR count). The highest BCUT2D eigenvalue weighted by atomic mass is 16.3. The first kappa shape index (κ1) is 15.1. The van der Waals surface area contributed by atoms with Gasteiger partial charge in [-0.3, -0.25) is 4.98 Å². The Bertz CT molecular complexity index is 903. The number of aliphatic hydroxyl groups excluding tert-OH is 1. The second kappa shape index (κ2) is 5.42. The van der Waals surface area contributed by atoms with Crippen molar-refractivity contribution >= 4 is 17.6 Å². The van der Waals surface area contributed by atoms with E-state index in [9.17, 15) is 5.11 Å². The molecule has 3 heterocycles. The first-order valence-corrected chi connectivity index (χ1v) is 7.19. The Labute approximate surface area is 133 Å². The first-order valence-electron chi connectivity index (χ1n) is 7.19. The standard InChI is InChI=1S/C17H16N4O.H2O/c1-11-7-8-13(9-18-11)21-17(22)16-15(19-21)14-6-4-3-5-12(14)10-20(16)2;/h3-10,19,22H,1-2H3;1H2. The Hall–Kier alpha value is -2.83. The van der Waals surface area contributed by atoms with Crippen molar-refractivity contribution in [2.75, 3.05) is 12.1 Å².